The van der Waals surface area contributed by atoms with E-state index in [1.54, 1.807) is 0 Å². The molecule has 1 aliphatic heterocycles. The van der Waals surface area contributed by atoms with E-state index in [4.69, 9.17) is 9.84 Å². The van der Waals surface area contributed by atoms with Crippen molar-refractivity contribution in [3.63, 3.8) is 0 Å². The molecule has 1 saturated heterocycles. The second-order valence-corrected chi connectivity index (χ2v) is 5.74. The number of cyclic esters (lactones) is 1. The summed E-state index contributed by atoms with van der Waals surface area (Å²) in [6.07, 6.45) is 2.84. The molecule has 0 aromatic heterocycles. The summed E-state index contributed by atoms with van der Waals surface area (Å²) in [6.45, 7) is 3.78. The Labute approximate surface area is 117 Å². The number of benzene rings is 1. The van der Waals surface area contributed by atoms with E-state index in [9.17, 15) is 4.79 Å². The molecule has 0 aliphatic carbocycles. The molecule has 3 atom stereocenters. The van der Waals surface area contributed by atoms with Crippen molar-refractivity contribution in [2.45, 2.75) is 29.1 Å². The molecule has 0 unspecified atom stereocenters. The quantitative estimate of drug-likeness (QED) is 0.642. The number of hydrogen-bond acceptors (Lipinski definition) is 4. The van der Waals surface area contributed by atoms with E-state index in [1.165, 1.54) is 11.8 Å². The number of allylic oxidation sites excluding steroid dienone is 1. The molecule has 102 valence electrons. The van der Waals surface area contributed by atoms with Gasteiger partial charge >= 0.3 is 5.97 Å². The Morgan fingerprint density at radius 2 is 2.11 bits per heavy atom. The van der Waals surface area contributed by atoms with Gasteiger partial charge < -0.3 is 9.84 Å². The molecule has 1 fully saturated rings. The maximum absolute atomic E-state index is 12.0. The van der Waals surface area contributed by atoms with Gasteiger partial charge in [-0.3, -0.25) is 4.79 Å². The van der Waals surface area contributed by atoms with Crippen LogP contribution in [0.3, 0.4) is 0 Å². The number of thioether (sulfide) groups is 1. The summed E-state index contributed by atoms with van der Waals surface area (Å²) in [4.78, 5) is 13.0. The van der Waals surface area contributed by atoms with E-state index < -0.39 is 0 Å². The fourth-order valence-electron chi connectivity index (χ4n) is 2.32. The third-order valence-corrected chi connectivity index (χ3v) is 4.57. The molecular weight excluding hydrogens is 260 g/mol. The first-order valence-corrected chi connectivity index (χ1v) is 7.28. The predicted molar refractivity (Wildman–Crippen MR) is 76.0 cm³/mol. The fourth-order valence-corrected chi connectivity index (χ4v) is 3.54. The van der Waals surface area contributed by atoms with Crippen LogP contribution in [0.15, 0.2) is 47.9 Å². The van der Waals surface area contributed by atoms with Gasteiger partial charge in [0.25, 0.3) is 0 Å². The minimum absolute atomic E-state index is 0.0360. The highest BCUT2D eigenvalue weighted by molar-refractivity contribution is 8.00. The van der Waals surface area contributed by atoms with Crippen LogP contribution < -0.4 is 0 Å². The molecule has 1 aromatic carbocycles. The highest BCUT2D eigenvalue weighted by Crippen LogP contribution is 2.39. The summed E-state index contributed by atoms with van der Waals surface area (Å²) in [6, 6.07) is 9.84. The van der Waals surface area contributed by atoms with Crippen LogP contribution in [-0.2, 0) is 9.53 Å². The SMILES string of the molecule is C=CC[C@H]1[C@H](Sc2ccccc2)C(=O)O[C@@H]1CCO. The summed E-state index contributed by atoms with van der Waals surface area (Å²) >= 11 is 1.53. The van der Waals surface area contributed by atoms with E-state index in [0.717, 1.165) is 11.3 Å². The Morgan fingerprint density at radius 1 is 1.37 bits per heavy atom. The van der Waals surface area contributed by atoms with Gasteiger partial charge in [-0.05, 0) is 18.6 Å². The summed E-state index contributed by atoms with van der Waals surface area (Å²) < 4.78 is 5.38. The van der Waals surface area contributed by atoms with E-state index in [2.05, 4.69) is 6.58 Å². The van der Waals surface area contributed by atoms with Crippen molar-refractivity contribution in [3.8, 4) is 0 Å². The van der Waals surface area contributed by atoms with Crippen molar-refractivity contribution in [2.24, 2.45) is 5.92 Å². The smallest absolute Gasteiger partial charge is 0.320 e. The molecule has 1 heterocycles. The molecule has 19 heavy (non-hydrogen) atoms. The number of esters is 1. The Morgan fingerprint density at radius 3 is 2.74 bits per heavy atom. The van der Waals surface area contributed by atoms with Crippen LogP contribution in [0.4, 0.5) is 0 Å². The molecule has 2 rings (SSSR count). The van der Waals surface area contributed by atoms with Gasteiger partial charge in [-0.2, -0.15) is 0 Å². The number of aliphatic hydroxyl groups is 1. The van der Waals surface area contributed by atoms with Crippen LogP contribution in [0.1, 0.15) is 12.8 Å². The Balaban J connectivity index is 2.12. The number of ether oxygens (including phenoxy) is 1. The van der Waals surface area contributed by atoms with Crippen molar-refractivity contribution in [1.29, 1.82) is 0 Å². The van der Waals surface area contributed by atoms with E-state index >= 15 is 0 Å². The molecule has 3 nitrogen and oxygen atoms in total. The highest BCUT2D eigenvalue weighted by atomic mass is 32.2. The molecule has 1 aliphatic rings. The van der Waals surface area contributed by atoms with Gasteiger partial charge in [0.05, 0.1) is 0 Å². The van der Waals surface area contributed by atoms with Crippen molar-refractivity contribution in [3.05, 3.63) is 43.0 Å². The maximum atomic E-state index is 12.0. The summed E-state index contributed by atoms with van der Waals surface area (Å²) in [5, 5.41) is 8.84. The molecule has 0 radical (unpaired) electrons. The normalized spacial score (nSPS) is 26.2. The van der Waals surface area contributed by atoms with Crippen molar-refractivity contribution >= 4 is 17.7 Å². The topological polar surface area (TPSA) is 46.5 Å². The van der Waals surface area contributed by atoms with Crippen molar-refractivity contribution in [1.82, 2.24) is 0 Å². The number of hydrogen-bond donors (Lipinski definition) is 1. The van der Waals surface area contributed by atoms with Crippen molar-refractivity contribution in [2.75, 3.05) is 6.61 Å². The van der Waals surface area contributed by atoms with Gasteiger partial charge in [-0.15, -0.1) is 18.3 Å². The lowest BCUT2D eigenvalue weighted by molar-refractivity contribution is -0.141. The molecule has 0 amide bonds. The number of carbonyl (C=O) groups excluding carboxylic acids is 1. The maximum Gasteiger partial charge on any atom is 0.320 e. The Hall–Kier alpha value is -1.26. The first-order valence-electron chi connectivity index (χ1n) is 6.40. The van der Waals surface area contributed by atoms with Crippen molar-refractivity contribution < 1.29 is 14.6 Å². The molecule has 0 saturated carbocycles. The van der Waals surface area contributed by atoms with Crippen LogP contribution in [0, 0.1) is 5.92 Å². The van der Waals surface area contributed by atoms with E-state index in [0.29, 0.717) is 6.42 Å². The number of carbonyl (C=O) groups is 1. The lowest BCUT2D eigenvalue weighted by Gasteiger charge is -2.18. The van der Waals surface area contributed by atoms with Crippen LogP contribution >= 0.6 is 11.8 Å². The van der Waals surface area contributed by atoms with Gasteiger partial charge in [0.15, 0.2) is 0 Å². The zero-order valence-corrected chi connectivity index (χ0v) is 11.5. The van der Waals surface area contributed by atoms with Crippen LogP contribution in [0.5, 0.6) is 0 Å². The summed E-state index contributed by atoms with van der Waals surface area (Å²) in [7, 11) is 0. The van der Waals surface area contributed by atoms with Gasteiger partial charge in [-0.25, -0.2) is 0 Å². The Bertz CT molecular complexity index is 432. The third-order valence-electron chi connectivity index (χ3n) is 3.22. The third kappa shape index (κ3) is 3.39. The van der Waals surface area contributed by atoms with Gasteiger partial charge in [0.1, 0.15) is 11.4 Å². The van der Waals surface area contributed by atoms with E-state index in [-0.39, 0.29) is 29.8 Å². The highest BCUT2D eigenvalue weighted by Gasteiger charge is 2.43. The van der Waals surface area contributed by atoms with Gasteiger partial charge in [0.2, 0.25) is 0 Å². The van der Waals surface area contributed by atoms with Crippen LogP contribution in [-0.4, -0.2) is 29.0 Å². The lowest BCUT2D eigenvalue weighted by atomic mass is 9.95. The zero-order valence-electron chi connectivity index (χ0n) is 10.7. The van der Waals surface area contributed by atoms with Gasteiger partial charge in [0, 0.05) is 23.8 Å². The van der Waals surface area contributed by atoms with Gasteiger partial charge in [-0.1, -0.05) is 24.3 Å². The van der Waals surface area contributed by atoms with Crippen LogP contribution in [0.25, 0.3) is 0 Å². The predicted octanol–water partition coefficient (Wildman–Crippen LogP) is 2.65. The average molecular weight is 278 g/mol. The summed E-state index contributed by atoms with van der Waals surface area (Å²) in [5.41, 5.74) is 0. The van der Waals surface area contributed by atoms with Crippen LogP contribution in [0.2, 0.25) is 0 Å². The zero-order chi connectivity index (χ0) is 13.7. The molecule has 1 N–H and O–H groups in total. The molecule has 0 spiro atoms. The molecule has 1 aromatic rings. The minimum Gasteiger partial charge on any atom is -0.461 e. The largest absolute Gasteiger partial charge is 0.461 e. The Kier molecular flexibility index (Phi) is 5.05. The molecular formula is C15H18O3S. The fraction of sp³-hybridized carbons (Fsp3) is 0.400. The number of aliphatic hydroxyl groups excluding tert-OH is 1. The molecule has 0 bridgehead atoms. The second-order valence-electron chi connectivity index (χ2n) is 4.53. The first-order chi connectivity index (χ1) is 9.26. The number of rotatable bonds is 6. The lowest BCUT2D eigenvalue weighted by Crippen LogP contribution is -2.23. The van der Waals surface area contributed by atoms with E-state index in [1.807, 2.05) is 36.4 Å². The summed E-state index contributed by atoms with van der Waals surface area (Å²) in [5.74, 6) is -0.0958. The monoisotopic (exact) mass is 278 g/mol. The second kappa shape index (κ2) is 6.78. The minimum atomic E-state index is -0.211. The standard InChI is InChI=1S/C15H18O3S/c1-2-6-12-13(9-10-16)18-15(17)14(12)19-11-7-4-3-5-8-11/h2-5,7-8,12-14,16H,1,6,9-10H2/t12-,13-,14+/m1/s1. The molecule has 4 heteroatoms. The first kappa shape index (κ1) is 14.2. The average Bonchev–Trinajstić information content (AvgIpc) is 2.69.